The van der Waals surface area contributed by atoms with Crippen molar-refractivity contribution in [2.75, 3.05) is 13.2 Å². The molecular weight excluding hydrogens is 316 g/mol. The van der Waals surface area contributed by atoms with Gasteiger partial charge in [-0.15, -0.1) is 0 Å². The molecule has 108 valence electrons. The van der Waals surface area contributed by atoms with Crippen LogP contribution in [0.5, 0.6) is 5.75 Å². The topological polar surface area (TPSA) is 18.5 Å². The molecule has 0 atom stereocenters. The van der Waals surface area contributed by atoms with Crippen molar-refractivity contribution in [1.82, 2.24) is 0 Å². The van der Waals surface area contributed by atoms with Gasteiger partial charge in [-0.2, -0.15) is 0 Å². The molecule has 0 spiro atoms. The second-order valence-electron chi connectivity index (χ2n) is 5.71. The van der Waals surface area contributed by atoms with Gasteiger partial charge >= 0.3 is 0 Å². The summed E-state index contributed by atoms with van der Waals surface area (Å²) >= 11 is 3.56. The Labute approximate surface area is 129 Å². The Hall–Kier alpha value is -1.06. The van der Waals surface area contributed by atoms with Crippen molar-refractivity contribution in [2.45, 2.75) is 31.7 Å². The number of fused-ring (bicyclic) bond motifs is 1. The summed E-state index contributed by atoms with van der Waals surface area (Å²) < 4.78 is 11.6. The molecule has 2 aromatic carbocycles. The molecule has 0 aliphatic carbocycles. The molecule has 0 aliphatic heterocycles. The molecule has 0 bridgehead atoms. The monoisotopic (exact) mass is 336 g/mol. The number of hydrogen-bond donors (Lipinski definition) is 0. The summed E-state index contributed by atoms with van der Waals surface area (Å²) in [5.74, 6) is 0.929. The first-order chi connectivity index (χ1) is 9.51. The van der Waals surface area contributed by atoms with Crippen LogP contribution in [0.3, 0.4) is 0 Å². The van der Waals surface area contributed by atoms with E-state index in [2.05, 4.69) is 46.3 Å². The van der Waals surface area contributed by atoms with Gasteiger partial charge in [-0.1, -0.05) is 46.3 Å². The van der Waals surface area contributed by atoms with Crippen molar-refractivity contribution in [3.05, 3.63) is 42.0 Å². The van der Waals surface area contributed by atoms with E-state index < -0.39 is 0 Å². The Bertz CT molecular complexity index is 573. The van der Waals surface area contributed by atoms with Crippen molar-refractivity contribution in [2.24, 2.45) is 0 Å². The summed E-state index contributed by atoms with van der Waals surface area (Å²) in [6, 6.07) is 12.5. The fourth-order valence-electron chi connectivity index (χ4n) is 2.09. The molecule has 0 aromatic heterocycles. The van der Waals surface area contributed by atoms with Gasteiger partial charge in [0.1, 0.15) is 12.4 Å². The Morgan fingerprint density at radius 2 is 1.75 bits per heavy atom. The van der Waals surface area contributed by atoms with Crippen LogP contribution in [0.25, 0.3) is 10.8 Å². The van der Waals surface area contributed by atoms with Crippen LogP contribution >= 0.6 is 15.9 Å². The Kier molecular flexibility index (Phi) is 5.06. The maximum Gasteiger partial charge on any atom is 0.124 e. The minimum absolute atomic E-state index is 0.120. The van der Waals surface area contributed by atoms with Gasteiger partial charge in [-0.05, 0) is 37.6 Å². The molecule has 0 heterocycles. The standard InChI is InChI=1S/C17H21BrO2/c1-17(2,3)20-11-10-19-16-9-8-13-6-4-5-7-14(13)15(16)12-18/h4-9H,10-12H2,1-3H3. The predicted octanol–water partition coefficient (Wildman–Crippen LogP) is 4.93. The highest BCUT2D eigenvalue weighted by atomic mass is 79.9. The van der Waals surface area contributed by atoms with Crippen LogP contribution in [-0.4, -0.2) is 18.8 Å². The molecule has 0 unspecified atom stereocenters. The highest BCUT2D eigenvalue weighted by Crippen LogP contribution is 2.30. The fraction of sp³-hybridized carbons (Fsp3) is 0.412. The molecule has 2 nitrogen and oxygen atoms in total. The number of rotatable bonds is 5. The number of benzene rings is 2. The van der Waals surface area contributed by atoms with Crippen LogP contribution in [-0.2, 0) is 10.1 Å². The van der Waals surface area contributed by atoms with E-state index in [1.165, 1.54) is 16.3 Å². The lowest BCUT2D eigenvalue weighted by Gasteiger charge is -2.20. The first kappa shape index (κ1) is 15.3. The zero-order chi connectivity index (χ0) is 14.6. The predicted molar refractivity (Wildman–Crippen MR) is 87.8 cm³/mol. The average molecular weight is 337 g/mol. The lowest BCUT2D eigenvalue weighted by molar-refractivity contribution is -0.0163. The third-order valence-corrected chi connectivity index (χ3v) is 3.57. The van der Waals surface area contributed by atoms with E-state index >= 15 is 0 Å². The van der Waals surface area contributed by atoms with Crippen LogP contribution < -0.4 is 4.74 Å². The van der Waals surface area contributed by atoms with Crippen molar-refractivity contribution < 1.29 is 9.47 Å². The van der Waals surface area contributed by atoms with Gasteiger partial charge in [0.25, 0.3) is 0 Å². The third kappa shape index (κ3) is 3.97. The van der Waals surface area contributed by atoms with Gasteiger partial charge in [-0.25, -0.2) is 0 Å². The Morgan fingerprint density at radius 1 is 1.00 bits per heavy atom. The molecule has 0 saturated heterocycles. The summed E-state index contributed by atoms with van der Waals surface area (Å²) in [6.07, 6.45) is 0. The maximum absolute atomic E-state index is 5.88. The SMILES string of the molecule is CC(C)(C)OCCOc1ccc2ccccc2c1CBr. The minimum atomic E-state index is -0.120. The molecule has 0 N–H and O–H groups in total. The van der Waals surface area contributed by atoms with Crippen LogP contribution in [0, 0.1) is 0 Å². The Balaban J connectivity index is 2.10. The Morgan fingerprint density at radius 3 is 2.45 bits per heavy atom. The minimum Gasteiger partial charge on any atom is -0.491 e. The van der Waals surface area contributed by atoms with E-state index in [0.29, 0.717) is 13.2 Å². The number of halogens is 1. The largest absolute Gasteiger partial charge is 0.491 e. The molecular formula is C17H21BrO2. The molecule has 2 rings (SSSR count). The van der Waals surface area contributed by atoms with Crippen molar-refractivity contribution in [3.8, 4) is 5.75 Å². The molecule has 0 aliphatic rings. The normalized spacial score (nSPS) is 11.8. The van der Waals surface area contributed by atoms with Crippen LogP contribution in [0.15, 0.2) is 36.4 Å². The molecule has 0 radical (unpaired) electrons. The number of hydrogen-bond acceptors (Lipinski definition) is 2. The van der Waals surface area contributed by atoms with Gasteiger partial charge in [0, 0.05) is 10.9 Å². The van der Waals surface area contributed by atoms with Crippen LogP contribution in [0.1, 0.15) is 26.3 Å². The summed E-state index contributed by atoms with van der Waals surface area (Å²) in [6.45, 7) is 7.31. The second kappa shape index (κ2) is 6.59. The van der Waals surface area contributed by atoms with E-state index in [1.807, 2.05) is 26.8 Å². The zero-order valence-corrected chi connectivity index (χ0v) is 13.9. The van der Waals surface area contributed by atoms with Gasteiger partial charge in [0.2, 0.25) is 0 Å². The first-order valence-electron chi connectivity index (χ1n) is 6.84. The number of ether oxygens (including phenoxy) is 2. The molecule has 20 heavy (non-hydrogen) atoms. The van der Waals surface area contributed by atoms with Gasteiger partial charge in [0.15, 0.2) is 0 Å². The molecule has 3 heteroatoms. The van der Waals surface area contributed by atoms with Crippen molar-refractivity contribution in [3.63, 3.8) is 0 Å². The van der Waals surface area contributed by atoms with E-state index in [4.69, 9.17) is 9.47 Å². The summed E-state index contributed by atoms with van der Waals surface area (Å²) in [4.78, 5) is 0. The molecule has 2 aromatic rings. The van der Waals surface area contributed by atoms with Gasteiger partial charge in [-0.3, -0.25) is 0 Å². The smallest absolute Gasteiger partial charge is 0.124 e. The van der Waals surface area contributed by atoms with E-state index in [0.717, 1.165) is 11.1 Å². The lowest BCUT2D eigenvalue weighted by atomic mass is 10.0. The van der Waals surface area contributed by atoms with E-state index in [-0.39, 0.29) is 5.60 Å². The quantitative estimate of drug-likeness (QED) is 0.569. The van der Waals surface area contributed by atoms with Crippen LogP contribution in [0.4, 0.5) is 0 Å². The maximum atomic E-state index is 5.88. The average Bonchev–Trinajstić information content (AvgIpc) is 2.42. The van der Waals surface area contributed by atoms with Crippen LogP contribution in [0.2, 0.25) is 0 Å². The highest BCUT2D eigenvalue weighted by molar-refractivity contribution is 9.08. The third-order valence-electron chi connectivity index (χ3n) is 3.01. The van der Waals surface area contributed by atoms with Crippen molar-refractivity contribution in [1.29, 1.82) is 0 Å². The van der Waals surface area contributed by atoms with E-state index in [1.54, 1.807) is 0 Å². The zero-order valence-electron chi connectivity index (χ0n) is 12.3. The molecule has 0 saturated carbocycles. The van der Waals surface area contributed by atoms with E-state index in [9.17, 15) is 0 Å². The summed E-state index contributed by atoms with van der Waals surface area (Å²) in [5.41, 5.74) is 1.07. The lowest BCUT2D eigenvalue weighted by Crippen LogP contribution is -2.22. The summed E-state index contributed by atoms with van der Waals surface area (Å²) in [7, 11) is 0. The van der Waals surface area contributed by atoms with Gasteiger partial charge < -0.3 is 9.47 Å². The van der Waals surface area contributed by atoms with Gasteiger partial charge in [0.05, 0.1) is 12.2 Å². The number of alkyl halides is 1. The molecule has 0 fully saturated rings. The highest BCUT2D eigenvalue weighted by Gasteiger charge is 2.11. The fourth-order valence-corrected chi connectivity index (χ4v) is 2.67. The summed E-state index contributed by atoms with van der Waals surface area (Å²) in [5, 5.41) is 3.25. The first-order valence-corrected chi connectivity index (χ1v) is 7.97. The molecule has 0 amide bonds. The second-order valence-corrected chi connectivity index (χ2v) is 6.27. The van der Waals surface area contributed by atoms with Crippen molar-refractivity contribution >= 4 is 26.7 Å².